The van der Waals surface area contributed by atoms with Crippen molar-refractivity contribution in [1.29, 1.82) is 0 Å². The Morgan fingerprint density at radius 2 is 1.86 bits per heavy atom. The van der Waals surface area contributed by atoms with Crippen molar-refractivity contribution in [2.75, 3.05) is 19.6 Å². The molecule has 0 aliphatic carbocycles. The highest BCUT2D eigenvalue weighted by atomic mass is 32.2. The van der Waals surface area contributed by atoms with Crippen LogP contribution in [-0.4, -0.2) is 38.3 Å². The highest BCUT2D eigenvalue weighted by Crippen LogP contribution is 2.18. The summed E-state index contributed by atoms with van der Waals surface area (Å²) in [6.45, 7) is 0.918. The lowest BCUT2D eigenvalue weighted by atomic mass is 9.97. The molecule has 0 aromatic heterocycles. The molecule has 1 fully saturated rings. The van der Waals surface area contributed by atoms with E-state index in [-0.39, 0.29) is 31.0 Å². The van der Waals surface area contributed by atoms with Crippen molar-refractivity contribution in [2.45, 2.75) is 18.9 Å². The number of nitrogens with two attached hydrogens (primary N) is 2. The maximum atomic E-state index is 12.1. The van der Waals surface area contributed by atoms with Crippen LogP contribution in [0.4, 0.5) is 0 Å². The molecule has 0 spiro atoms. The van der Waals surface area contributed by atoms with Crippen molar-refractivity contribution in [3.05, 3.63) is 35.9 Å². The number of nitrogens with one attached hydrogen (secondary N) is 1. The van der Waals surface area contributed by atoms with E-state index in [4.69, 9.17) is 10.9 Å². The summed E-state index contributed by atoms with van der Waals surface area (Å²) in [5, 5.41) is 7.92. The van der Waals surface area contributed by atoms with Crippen LogP contribution < -0.4 is 16.2 Å². The van der Waals surface area contributed by atoms with Gasteiger partial charge in [-0.15, -0.1) is 0 Å². The van der Waals surface area contributed by atoms with E-state index in [0.29, 0.717) is 19.4 Å². The molecule has 0 bridgehead atoms. The largest absolute Gasteiger partial charge is 0.354 e. The van der Waals surface area contributed by atoms with Gasteiger partial charge in [-0.05, 0) is 18.4 Å². The first-order chi connectivity index (χ1) is 10.4. The summed E-state index contributed by atoms with van der Waals surface area (Å²) in [6.07, 6.45) is 0.950. The van der Waals surface area contributed by atoms with E-state index in [1.165, 1.54) is 4.31 Å². The summed E-state index contributed by atoms with van der Waals surface area (Å²) in [6, 6.07) is 9.30. The third-order valence-electron chi connectivity index (χ3n) is 3.91. The molecule has 1 heterocycles. The SMILES string of the molecule is NC(CNC(=O)C1CCN(S(N)(=O)=O)CC1)c1ccccc1. The van der Waals surface area contributed by atoms with Crippen LogP contribution in [0.3, 0.4) is 0 Å². The lowest BCUT2D eigenvalue weighted by Crippen LogP contribution is -2.46. The Balaban J connectivity index is 1.79. The first kappa shape index (κ1) is 16.9. The third-order valence-corrected chi connectivity index (χ3v) is 4.99. The van der Waals surface area contributed by atoms with Crippen LogP contribution >= 0.6 is 0 Å². The predicted molar refractivity (Wildman–Crippen MR) is 83.8 cm³/mol. The molecule has 2 rings (SSSR count). The number of amides is 1. The van der Waals surface area contributed by atoms with Gasteiger partial charge in [-0.2, -0.15) is 12.7 Å². The fraction of sp³-hybridized carbons (Fsp3) is 0.500. The summed E-state index contributed by atoms with van der Waals surface area (Å²) in [7, 11) is -3.66. The van der Waals surface area contributed by atoms with Gasteiger partial charge in [0, 0.05) is 31.6 Å². The quantitative estimate of drug-likeness (QED) is 0.689. The standard InChI is InChI=1S/C14H22N4O3S/c15-13(11-4-2-1-3-5-11)10-17-14(19)12-6-8-18(9-7-12)22(16,20)21/h1-5,12-13H,6-10,15H2,(H,17,19)(H2,16,20,21). The molecule has 8 heteroatoms. The highest BCUT2D eigenvalue weighted by Gasteiger charge is 2.29. The summed E-state index contributed by atoms with van der Waals surface area (Å²) in [4.78, 5) is 12.1. The molecule has 1 atom stereocenters. The smallest absolute Gasteiger partial charge is 0.276 e. The fourth-order valence-electron chi connectivity index (χ4n) is 2.55. The monoisotopic (exact) mass is 326 g/mol. The van der Waals surface area contributed by atoms with E-state index in [0.717, 1.165) is 5.56 Å². The molecule has 1 unspecified atom stereocenters. The zero-order valence-electron chi connectivity index (χ0n) is 12.3. The lowest BCUT2D eigenvalue weighted by Gasteiger charge is -2.29. The van der Waals surface area contributed by atoms with Gasteiger partial charge < -0.3 is 11.1 Å². The van der Waals surface area contributed by atoms with Crippen molar-refractivity contribution in [3.8, 4) is 0 Å². The van der Waals surface area contributed by atoms with E-state index in [2.05, 4.69) is 5.32 Å². The van der Waals surface area contributed by atoms with Gasteiger partial charge in [0.25, 0.3) is 10.2 Å². The number of rotatable bonds is 5. The topological polar surface area (TPSA) is 119 Å². The Kier molecular flexibility index (Phi) is 5.52. The molecule has 5 N–H and O–H groups in total. The number of piperidine rings is 1. The number of hydrogen-bond acceptors (Lipinski definition) is 4. The van der Waals surface area contributed by atoms with Crippen molar-refractivity contribution in [1.82, 2.24) is 9.62 Å². The molecule has 1 saturated heterocycles. The predicted octanol–water partition coefficient (Wildman–Crippen LogP) is -0.282. The molecule has 22 heavy (non-hydrogen) atoms. The molecule has 7 nitrogen and oxygen atoms in total. The van der Waals surface area contributed by atoms with Gasteiger partial charge in [0.2, 0.25) is 5.91 Å². The fourth-order valence-corrected chi connectivity index (χ4v) is 3.27. The Morgan fingerprint density at radius 1 is 1.27 bits per heavy atom. The zero-order valence-corrected chi connectivity index (χ0v) is 13.1. The average Bonchev–Trinajstić information content (AvgIpc) is 2.52. The maximum Gasteiger partial charge on any atom is 0.276 e. The minimum absolute atomic E-state index is 0.0829. The molecule has 122 valence electrons. The zero-order chi connectivity index (χ0) is 16.2. The Bertz CT molecular complexity index is 598. The van der Waals surface area contributed by atoms with Gasteiger partial charge in [0.1, 0.15) is 0 Å². The summed E-state index contributed by atoms with van der Waals surface area (Å²) in [5.41, 5.74) is 7.00. The van der Waals surface area contributed by atoms with Crippen LogP contribution in [0.5, 0.6) is 0 Å². The molecule has 1 amide bonds. The average molecular weight is 326 g/mol. The van der Waals surface area contributed by atoms with Gasteiger partial charge in [0.05, 0.1) is 0 Å². The molecule has 1 aliphatic heterocycles. The van der Waals surface area contributed by atoms with Gasteiger partial charge in [-0.1, -0.05) is 30.3 Å². The lowest BCUT2D eigenvalue weighted by molar-refractivity contribution is -0.126. The molecule has 1 aliphatic rings. The van der Waals surface area contributed by atoms with Crippen LogP contribution in [-0.2, 0) is 15.0 Å². The minimum Gasteiger partial charge on any atom is -0.354 e. The Labute approximate surface area is 130 Å². The number of nitrogens with zero attached hydrogens (tertiary/aromatic N) is 1. The second kappa shape index (κ2) is 7.19. The van der Waals surface area contributed by atoms with Crippen molar-refractivity contribution >= 4 is 16.1 Å². The Morgan fingerprint density at radius 3 is 2.41 bits per heavy atom. The van der Waals surface area contributed by atoms with Crippen molar-refractivity contribution < 1.29 is 13.2 Å². The normalized spacial score (nSPS) is 18.8. The molecule has 1 aromatic carbocycles. The van der Waals surface area contributed by atoms with Gasteiger partial charge >= 0.3 is 0 Å². The number of carbonyl (C=O) groups excluding carboxylic acids is 1. The third kappa shape index (κ3) is 4.51. The van der Waals surface area contributed by atoms with Gasteiger partial charge in [0.15, 0.2) is 0 Å². The van der Waals surface area contributed by atoms with Gasteiger partial charge in [-0.25, -0.2) is 5.14 Å². The maximum absolute atomic E-state index is 12.1. The Hall–Kier alpha value is -1.48. The van der Waals surface area contributed by atoms with Crippen LogP contribution in [0, 0.1) is 5.92 Å². The minimum atomic E-state index is -3.66. The van der Waals surface area contributed by atoms with E-state index in [1.54, 1.807) is 0 Å². The van der Waals surface area contributed by atoms with Crippen LogP contribution in [0.2, 0.25) is 0 Å². The van der Waals surface area contributed by atoms with Gasteiger partial charge in [-0.3, -0.25) is 4.79 Å². The van der Waals surface area contributed by atoms with Crippen LogP contribution in [0.1, 0.15) is 24.4 Å². The first-order valence-corrected chi connectivity index (χ1v) is 8.74. The summed E-state index contributed by atoms with van der Waals surface area (Å²) in [5.74, 6) is -0.276. The molecular weight excluding hydrogens is 304 g/mol. The summed E-state index contributed by atoms with van der Waals surface area (Å²) < 4.78 is 23.6. The highest BCUT2D eigenvalue weighted by molar-refractivity contribution is 7.86. The molecule has 1 aromatic rings. The van der Waals surface area contributed by atoms with E-state index in [9.17, 15) is 13.2 Å². The molecule has 0 radical (unpaired) electrons. The van der Waals surface area contributed by atoms with Crippen molar-refractivity contribution in [2.24, 2.45) is 16.8 Å². The van der Waals surface area contributed by atoms with E-state index >= 15 is 0 Å². The van der Waals surface area contributed by atoms with Crippen LogP contribution in [0.25, 0.3) is 0 Å². The van der Waals surface area contributed by atoms with Crippen LogP contribution in [0.15, 0.2) is 30.3 Å². The van der Waals surface area contributed by atoms with Crippen molar-refractivity contribution in [3.63, 3.8) is 0 Å². The van der Waals surface area contributed by atoms with E-state index < -0.39 is 10.2 Å². The second-order valence-electron chi connectivity index (χ2n) is 5.48. The number of carbonyl (C=O) groups is 1. The number of benzene rings is 1. The second-order valence-corrected chi connectivity index (χ2v) is 7.03. The van der Waals surface area contributed by atoms with E-state index in [1.807, 2.05) is 30.3 Å². The summed E-state index contributed by atoms with van der Waals surface area (Å²) >= 11 is 0. The molecule has 0 saturated carbocycles. The first-order valence-electron chi connectivity index (χ1n) is 7.24. The number of hydrogen-bond donors (Lipinski definition) is 3. The molecular formula is C14H22N4O3S.